The number of hydrogen-bond donors (Lipinski definition) is 1. The van der Waals surface area contributed by atoms with Crippen LogP contribution in [0.1, 0.15) is 33.6 Å². The molecule has 1 aliphatic rings. The van der Waals surface area contributed by atoms with Crippen LogP contribution in [0.15, 0.2) is 36.4 Å². The lowest BCUT2D eigenvalue weighted by Crippen LogP contribution is -2.22. The molecular weight excluding hydrogens is 359 g/mol. The molecule has 0 saturated carbocycles. The number of amides is 1. The van der Waals surface area contributed by atoms with Crippen molar-refractivity contribution < 1.29 is 18.7 Å². The maximum Gasteiger partial charge on any atom is 0.337 e. The van der Waals surface area contributed by atoms with Gasteiger partial charge in [-0.2, -0.15) is 0 Å². The van der Waals surface area contributed by atoms with E-state index < -0.39 is 17.7 Å². The number of esters is 1. The predicted octanol–water partition coefficient (Wildman–Crippen LogP) is 4.12. The topological polar surface area (TPSA) is 58.6 Å². The zero-order valence-electron chi connectivity index (χ0n) is 14.2. The van der Waals surface area contributed by atoms with Crippen LogP contribution < -0.4 is 10.2 Å². The van der Waals surface area contributed by atoms with E-state index >= 15 is 0 Å². The quantitative estimate of drug-likeness (QED) is 0.815. The molecule has 0 aliphatic carbocycles. The summed E-state index contributed by atoms with van der Waals surface area (Å²) in [5, 5.41) is 2.81. The molecule has 26 heavy (non-hydrogen) atoms. The molecule has 2 aromatic carbocycles. The zero-order valence-corrected chi connectivity index (χ0v) is 15.0. The van der Waals surface area contributed by atoms with Crippen LogP contribution in [0, 0.1) is 5.82 Å². The molecule has 0 bridgehead atoms. The van der Waals surface area contributed by atoms with Crippen LogP contribution in [0.25, 0.3) is 0 Å². The molecule has 3 rings (SSSR count). The Morgan fingerprint density at radius 2 is 1.88 bits per heavy atom. The lowest BCUT2D eigenvalue weighted by Gasteiger charge is -2.22. The Labute approximate surface area is 155 Å². The minimum atomic E-state index is -0.517. The van der Waals surface area contributed by atoms with Crippen LogP contribution in [-0.4, -0.2) is 32.1 Å². The third kappa shape index (κ3) is 3.80. The van der Waals surface area contributed by atoms with Gasteiger partial charge in [-0.05, 0) is 49.2 Å². The van der Waals surface area contributed by atoms with Crippen LogP contribution >= 0.6 is 11.6 Å². The van der Waals surface area contributed by atoms with E-state index in [1.807, 2.05) is 0 Å². The number of anilines is 2. The van der Waals surface area contributed by atoms with Crippen molar-refractivity contribution in [1.82, 2.24) is 0 Å². The number of carbonyl (C=O) groups excluding carboxylic acids is 2. The van der Waals surface area contributed by atoms with Gasteiger partial charge in [-0.1, -0.05) is 11.6 Å². The summed E-state index contributed by atoms with van der Waals surface area (Å²) >= 11 is 5.98. The first-order chi connectivity index (χ1) is 12.5. The second-order valence-corrected chi connectivity index (χ2v) is 6.40. The van der Waals surface area contributed by atoms with E-state index in [1.54, 1.807) is 18.2 Å². The van der Waals surface area contributed by atoms with E-state index in [4.69, 9.17) is 16.3 Å². The zero-order chi connectivity index (χ0) is 18.7. The summed E-state index contributed by atoms with van der Waals surface area (Å²) < 4.78 is 18.0. The van der Waals surface area contributed by atoms with Crippen LogP contribution in [0.3, 0.4) is 0 Å². The van der Waals surface area contributed by atoms with Crippen molar-refractivity contribution in [2.75, 3.05) is 30.4 Å². The molecule has 5 nitrogen and oxygen atoms in total. The van der Waals surface area contributed by atoms with Crippen molar-refractivity contribution in [3.63, 3.8) is 0 Å². The number of methoxy groups -OCH3 is 1. The van der Waals surface area contributed by atoms with Gasteiger partial charge >= 0.3 is 5.97 Å². The molecule has 1 N–H and O–H groups in total. The average molecular weight is 377 g/mol. The second-order valence-electron chi connectivity index (χ2n) is 6.00. The highest BCUT2D eigenvalue weighted by atomic mass is 35.5. The van der Waals surface area contributed by atoms with E-state index in [9.17, 15) is 14.0 Å². The Morgan fingerprint density at radius 1 is 1.15 bits per heavy atom. The monoisotopic (exact) mass is 376 g/mol. The number of halogens is 2. The lowest BCUT2D eigenvalue weighted by atomic mass is 10.1. The smallest absolute Gasteiger partial charge is 0.337 e. The summed E-state index contributed by atoms with van der Waals surface area (Å²) in [6.45, 7) is 1.75. The standard InChI is InChI=1S/C19H18ClFN2O3/c1-26-19(25)12-4-7-17(23-8-2-3-9-23)16(10-12)22-18(24)14-6-5-13(21)11-15(14)20/h4-7,10-11H,2-3,8-9H2,1H3,(H,22,24). The van der Waals surface area contributed by atoms with E-state index in [2.05, 4.69) is 10.2 Å². The summed E-state index contributed by atoms with van der Waals surface area (Å²) in [6.07, 6.45) is 2.13. The van der Waals surface area contributed by atoms with Gasteiger partial charge in [0.2, 0.25) is 0 Å². The lowest BCUT2D eigenvalue weighted by molar-refractivity contribution is 0.0600. The summed E-state index contributed by atoms with van der Waals surface area (Å²) in [5.41, 5.74) is 1.79. The maximum absolute atomic E-state index is 13.2. The van der Waals surface area contributed by atoms with Gasteiger partial charge < -0.3 is 15.0 Å². The molecule has 0 radical (unpaired) electrons. The molecule has 1 aliphatic heterocycles. The van der Waals surface area contributed by atoms with E-state index in [-0.39, 0.29) is 10.6 Å². The Hall–Kier alpha value is -2.60. The maximum atomic E-state index is 13.2. The third-order valence-electron chi connectivity index (χ3n) is 4.29. The number of rotatable bonds is 4. The second kappa shape index (κ2) is 7.74. The molecule has 1 heterocycles. The number of carbonyl (C=O) groups is 2. The minimum Gasteiger partial charge on any atom is -0.465 e. The fourth-order valence-corrected chi connectivity index (χ4v) is 3.23. The van der Waals surface area contributed by atoms with Gasteiger partial charge in [0, 0.05) is 13.1 Å². The number of nitrogens with zero attached hydrogens (tertiary/aromatic N) is 1. The Kier molecular flexibility index (Phi) is 5.42. The highest BCUT2D eigenvalue weighted by Crippen LogP contribution is 2.31. The van der Waals surface area contributed by atoms with Crippen molar-refractivity contribution in [2.24, 2.45) is 0 Å². The number of ether oxygens (including phenoxy) is 1. The van der Waals surface area contributed by atoms with Crippen LogP contribution in [0.5, 0.6) is 0 Å². The highest BCUT2D eigenvalue weighted by molar-refractivity contribution is 6.34. The summed E-state index contributed by atoms with van der Waals surface area (Å²) in [7, 11) is 1.30. The number of hydrogen-bond acceptors (Lipinski definition) is 4. The van der Waals surface area contributed by atoms with Gasteiger partial charge in [-0.15, -0.1) is 0 Å². The molecule has 7 heteroatoms. The molecule has 1 saturated heterocycles. The molecule has 2 aromatic rings. The van der Waals surface area contributed by atoms with Crippen molar-refractivity contribution in [2.45, 2.75) is 12.8 Å². The number of nitrogens with one attached hydrogen (secondary N) is 1. The van der Waals surface area contributed by atoms with E-state index in [1.165, 1.54) is 19.2 Å². The summed E-state index contributed by atoms with van der Waals surface area (Å²) in [5.74, 6) is -1.48. The van der Waals surface area contributed by atoms with Gasteiger partial charge in [0.1, 0.15) is 5.82 Å². The summed E-state index contributed by atoms with van der Waals surface area (Å²) in [4.78, 5) is 26.6. The van der Waals surface area contributed by atoms with Gasteiger partial charge in [-0.25, -0.2) is 9.18 Å². The van der Waals surface area contributed by atoms with E-state index in [0.29, 0.717) is 11.3 Å². The minimum absolute atomic E-state index is 0.0225. The Bertz CT molecular complexity index is 851. The Balaban J connectivity index is 1.95. The predicted molar refractivity (Wildman–Crippen MR) is 98.6 cm³/mol. The first-order valence-corrected chi connectivity index (χ1v) is 8.61. The molecule has 1 fully saturated rings. The Morgan fingerprint density at radius 3 is 2.54 bits per heavy atom. The van der Waals surface area contributed by atoms with Crippen LogP contribution in [0.4, 0.5) is 15.8 Å². The molecule has 0 atom stereocenters. The SMILES string of the molecule is COC(=O)c1ccc(N2CCCC2)c(NC(=O)c2ccc(F)cc2Cl)c1. The molecule has 136 valence electrons. The molecule has 0 aromatic heterocycles. The number of benzene rings is 2. The van der Waals surface area contributed by atoms with Crippen molar-refractivity contribution in [3.8, 4) is 0 Å². The first-order valence-electron chi connectivity index (χ1n) is 8.23. The van der Waals surface area contributed by atoms with Crippen molar-refractivity contribution >= 4 is 34.9 Å². The molecular formula is C19H18ClFN2O3. The molecule has 1 amide bonds. The average Bonchev–Trinajstić information content (AvgIpc) is 3.15. The summed E-state index contributed by atoms with van der Waals surface area (Å²) in [6, 6.07) is 8.62. The normalized spacial score (nSPS) is 13.6. The van der Waals surface area contributed by atoms with Gasteiger partial charge in [0.15, 0.2) is 0 Å². The first kappa shape index (κ1) is 18.2. The van der Waals surface area contributed by atoms with Gasteiger partial charge in [0.05, 0.1) is 34.6 Å². The van der Waals surface area contributed by atoms with Gasteiger partial charge in [0.25, 0.3) is 5.91 Å². The molecule has 0 unspecified atom stereocenters. The molecule has 0 spiro atoms. The van der Waals surface area contributed by atoms with Crippen molar-refractivity contribution in [1.29, 1.82) is 0 Å². The fraction of sp³-hybridized carbons (Fsp3) is 0.263. The fourth-order valence-electron chi connectivity index (χ4n) is 2.98. The largest absolute Gasteiger partial charge is 0.465 e. The van der Waals surface area contributed by atoms with E-state index in [0.717, 1.165) is 37.7 Å². The third-order valence-corrected chi connectivity index (χ3v) is 4.60. The highest BCUT2D eigenvalue weighted by Gasteiger charge is 2.20. The van der Waals surface area contributed by atoms with Crippen molar-refractivity contribution in [3.05, 3.63) is 58.4 Å². The van der Waals surface area contributed by atoms with Crippen LogP contribution in [0.2, 0.25) is 5.02 Å². The van der Waals surface area contributed by atoms with Gasteiger partial charge in [-0.3, -0.25) is 4.79 Å². The van der Waals surface area contributed by atoms with Crippen LogP contribution in [-0.2, 0) is 4.74 Å².